The number of fused-ring (bicyclic) bond motifs is 2. The Balaban J connectivity index is 0.925. The minimum Gasteiger partial charge on any atom is -0.756 e. The van der Waals surface area contributed by atoms with Crippen LogP contribution in [-0.2, 0) is 75.7 Å². The number of hydrogen-bond donors (Lipinski definition) is 11. The number of anilines is 3. The largest absolute Gasteiger partial charge is 0.756 e. The van der Waals surface area contributed by atoms with E-state index in [1.807, 2.05) is 0 Å². The van der Waals surface area contributed by atoms with Gasteiger partial charge in [0.15, 0.2) is 29.9 Å². The molecule has 0 aromatic carbocycles. The minimum atomic E-state index is -6.20. The number of phosphoric ester groups is 3. The number of rotatable bonds is 21. The molecule has 5 aromatic rings. The highest BCUT2D eigenvalue weighted by atomic mass is 31.3. The molecule has 0 bridgehead atoms. The number of nitrogens with zero attached hydrogens (tertiary/aromatic N) is 8. The van der Waals surface area contributed by atoms with E-state index in [0.29, 0.717) is 0 Å². The first-order valence-electron chi connectivity index (χ1n) is 21.3. The molecule has 0 aliphatic carbocycles. The maximum atomic E-state index is 13.5. The molecular formula is C33H47N13O25P4. The van der Waals surface area contributed by atoms with Crippen molar-refractivity contribution in [2.75, 3.05) is 57.8 Å². The number of aryl methyl sites for hydroxylation is 1. The third-order valence-corrected chi connectivity index (χ3v) is 16.8. The summed E-state index contributed by atoms with van der Waals surface area (Å²) in [6, 6.07) is 1.13. The molecule has 75 heavy (non-hydrogen) atoms. The van der Waals surface area contributed by atoms with Crippen LogP contribution < -0.4 is 43.5 Å². The van der Waals surface area contributed by atoms with Gasteiger partial charge >= 0.3 is 34.8 Å². The maximum absolute atomic E-state index is 13.5. The molecule has 3 aliphatic heterocycles. The lowest BCUT2D eigenvalue weighted by molar-refractivity contribution is -0.745. The smallest absolute Gasteiger partial charge is 0.490 e. The minimum absolute atomic E-state index is 0.0258. The first-order valence-corrected chi connectivity index (χ1v) is 27.3. The van der Waals surface area contributed by atoms with E-state index < -0.39 is 141 Å². The summed E-state index contributed by atoms with van der Waals surface area (Å²) in [5.74, 6) is -1.91. The van der Waals surface area contributed by atoms with Crippen LogP contribution >= 0.6 is 31.3 Å². The summed E-state index contributed by atoms with van der Waals surface area (Å²) in [5.41, 5.74) is 14.1. The standard InChI is InChI=1S/C33H47N13O25P4/c1-43-11-46(25-18(43)27(51)42-32(36)40-25)28-19(47)12(6-61-2)13(66-28)7-64-73(55,56)70-75(59,60)71-74(57,58)65-9-15-22(23(62-3)30(68-15)44-5-4-16(34)38-33(44)52)69-72(53,54)63-8-14-20(48)21(49)29(67-14)45-10-37-17-24(45)39-31(35)41-26(17)50/h4-5,10-15,19-23,28-30,47-49H,6-9H2,1-3H3,(H11-,34,35,36,38,39,40,41,42,50,51,52,53,54,55,56,57,58,59,60)/t12-,13-,14-,15-,19-,20-,21-,22-,23-,28-,29-,30-/m1/s1. The third-order valence-electron chi connectivity index (χ3n) is 11.6. The van der Waals surface area contributed by atoms with E-state index in [4.69, 9.17) is 59.0 Å². The van der Waals surface area contributed by atoms with Crippen LogP contribution in [-0.4, -0.2) is 163 Å². The zero-order valence-corrected chi connectivity index (χ0v) is 42.2. The summed E-state index contributed by atoms with van der Waals surface area (Å²) in [7, 11) is -20.0. The first kappa shape index (κ1) is 56.4. The molecule has 3 fully saturated rings. The van der Waals surface area contributed by atoms with E-state index in [0.717, 1.165) is 34.8 Å². The normalized spacial score (nSPS) is 30.4. The Morgan fingerprint density at radius 3 is 2.04 bits per heavy atom. The predicted molar refractivity (Wildman–Crippen MR) is 239 cm³/mol. The molecule has 16 atom stereocenters. The van der Waals surface area contributed by atoms with Crippen molar-refractivity contribution in [2.45, 2.75) is 67.5 Å². The van der Waals surface area contributed by atoms with Crippen molar-refractivity contribution in [1.82, 2.24) is 43.6 Å². The third kappa shape index (κ3) is 12.0. The number of aliphatic hydroxyl groups is 3. The van der Waals surface area contributed by atoms with Gasteiger partial charge in [0.05, 0.1) is 45.9 Å². The fourth-order valence-corrected chi connectivity index (χ4v) is 12.8. The number of imidazole rings is 2. The van der Waals surface area contributed by atoms with Crippen molar-refractivity contribution in [3.05, 3.63) is 56.1 Å². The van der Waals surface area contributed by atoms with Crippen LogP contribution in [0.2, 0.25) is 0 Å². The Kier molecular flexibility index (Phi) is 16.2. The van der Waals surface area contributed by atoms with Crippen molar-refractivity contribution < 1.29 is 108 Å². The number of phosphoric acid groups is 4. The predicted octanol–water partition coefficient (Wildman–Crippen LogP) is -5.02. The lowest BCUT2D eigenvalue weighted by Crippen LogP contribution is -2.45. The molecule has 14 N–H and O–H groups in total. The number of aromatic nitrogens is 10. The van der Waals surface area contributed by atoms with Crippen LogP contribution in [0.5, 0.6) is 0 Å². The van der Waals surface area contributed by atoms with E-state index in [-0.39, 0.29) is 46.6 Å². The van der Waals surface area contributed by atoms with Gasteiger partial charge in [-0.25, -0.2) is 28.0 Å². The van der Waals surface area contributed by atoms with Gasteiger partial charge in [0.2, 0.25) is 17.7 Å². The fraction of sp³-hybridized carbons (Fsp3) is 0.576. The average molecular weight is 1150 g/mol. The van der Waals surface area contributed by atoms with Gasteiger partial charge in [0, 0.05) is 26.3 Å². The van der Waals surface area contributed by atoms with Gasteiger partial charge in [0.1, 0.15) is 48.5 Å². The fourth-order valence-electron chi connectivity index (χ4n) is 8.33. The highest BCUT2D eigenvalue weighted by Crippen LogP contribution is 2.68. The van der Waals surface area contributed by atoms with Crippen molar-refractivity contribution in [3.8, 4) is 0 Å². The van der Waals surface area contributed by atoms with Crippen LogP contribution in [0.25, 0.3) is 22.3 Å². The number of aliphatic hydroxyl groups excluding tert-OH is 3. The topological polar surface area (TPSA) is 545 Å². The Morgan fingerprint density at radius 1 is 0.760 bits per heavy atom. The molecule has 414 valence electrons. The van der Waals surface area contributed by atoms with Gasteiger partial charge < -0.3 is 84.8 Å². The summed E-state index contributed by atoms with van der Waals surface area (Å²) in [5, 5.41) is 32.8. The zero-order valence-electron chi connectivity index (χ0n) is 38.6. The number of H-pyrrole nitrogens is 2. The number of methoxy groups -OCH3 is 2. The Hall–Kier alpha value is -4.82. The summed E-state index contributed by atoms with van der Waals surface area (Å²) in [6.45, 7) is -3.65. The van der Waals surface area contributed by atoms with Gasteiger partial charge in [-0.1, -0.05) is 4.98 Å². The molecule has 3 saturated heterocycles. The molecule has 42 heteroatoms. The summed E-state index contributed by atoms with van der Waals surface area (Å²) in [6.07, 6.45) is -15.0. The van der Waals surface area contributed by atoms with Gasteiger partial charge in [-0.3, -0.25) is 46.9 Å². The molecule has 5 aromatic heterocycles. The van der Waals surface area contributed by atoms with Crippen LogP contribution in [0, 0.1) is 5.92 Å². The SMILES string of the molecule is COC[C@H]1[C@@H](O)[C@H]([n+]2cn(C)c3c(=O)[nH]c(N)nc32)O[C@@H]1COP(=O)(O)OP(=O)(O)OP(=O)(O)OC[C@H]1O[C@@H](n2ccc(N)nc2=O)[C@H](OC)[C@@H]1OP(=O)([O-])OC[C@H]1O[C@@H](n2cnc3c(=O)[nH]c(N)nc32)[C@H](O)[C@@H]1O. The molecule has 8 rings (SSSR count). The maximum Gasteiger partial charge on any atom is 0.490 e. The molecule has 4 unspecified atom stereocenters. The number of nitrogen functional groups attached to an aromatic ring is 3. The van der Waals surface area contributed by atoms with Gasteiger partial charge in [-0.2, -0.15) is 18.6 Å². The Morgan fingerprint density at radius 2 is 1.39 bits per heavy atom. The number of nitrogens with two attached hydrogens (primary N) is 3. The second kappa shape index (κ2) is 21.5. The van der Waals surface area contributed by atoms with Crippen LogP contribution in [0.1, 0.15) is 18.7 Å². The van der Waals surface area contributed by atoms with Crippen molar-refractivity contribution in [3.63, 3.8) is 0 Å². The van der Waals surface area contributed by atoms with Gasteiger partial charge in [0.25, 0.3) is 24.9 Å². The second-order valence-corrected chi connectivity index (χ2v) is 22.5. The van der Waals surface area contributed by atoms with Gasteiger partial charge in [-0.15, -0.1) is 0 Å². The second-order valence-electron chi connectivity index (χ2n) is 16.5. The Bertz CT molecular complexity index is 3320. The summed E-state index contributed by atoms with van der Waals surface area (Å²) < 4.78 is 113. The monoisotopic (exact) mass is 1150 g/mol. The average Bonchev–Trinajstić information content (AvgIpc) is 4.10. The molecule has 38 nitrogen and oxygen atoms in total. The molecular weight excluding hydrogens is 1100 g/mol. The highest BCUT2D eigenvalue weighted by Gasteiger charge is 2.53. The Labute approximate surface area is 416 Å². The number of hydrogen-bond acceptors (Lipinski definition) is 29. The number of aromatic amines is 2. The summed E-state index contributed by atoms with van der Waals surface area (Å²) >= 11 is 0. The number of ether oxygens (including phenoxy) is 5. The van der Waals surface area contributed by atoms with Crippen LogP contribution in [0.3, 0.4) is 0 Å². The van der Waals surface area contributed by atoms with Crippen LogP contribution in [0.15, 0.2) is 39.3 Å². The van der Waals surface area contributed by atoms with Crippen LogP contribution in [0.4, 0.5) is 17.7 Å². The lowest BCUT2D eigenvalue weighted by atomic mass is 9.99. The van der Waals surface area contributed by atoms with Gasteiger partial charge in [-0.05, 0) is 6.07 Å². The molecule has 0 spiro atoms. The van der Waals surface area contributed by atoms with Crippen molar-refractivity contribution >= 4 is 71.3 Å². The molecule has 0 radical (unpaired) electrons. The van der Waals surface area contributed by atoms with E-state index in [9.17, 15) is 67.5 Å². The summed E-state index contributed by atoms with van der Waals surface area (Å²) in [4.78, 5) is 103. The van der Waals surface area contributed by atoms with Crippen molar-refractivity contribution in [2.24, 2.45) is 13.0 Å². The quantitative estimate of drug-likeness (QED) is 0.0242. The van der Waals surface area contributed by atoms with E-state index in [1.54, 1.807) is 0 Å². The molecule has 0 amide bonds. The zero-order chi connectivity index (χ0) is 54.7. The first-order chi connectivity index (χ1) is 35.1. The molecule has 3 aliphatic rings. The van der Waals surface area contributed by atoms with E-state index in [2.05, 4.69) is 38.5 Å². The van der Waals surface area contributed by atoms with E-state index in [1.165, 1.54) is 29.6 Å². The lowest BCUT2D eigenvalue weighted by Gasteiger charge is -2.31. The molecule has 0 saturated carbocycles. The van der Waals surface area contributed by atoms with Crippen molar-refractivity contribution in [1.29, 1.82) is 0 Å². The molecule has 8 heterocycles. The van der Waals surface area contributed by atoms with E-state index >= 15 is 0 Å². The number of nitrogens with one attached hydrogen (secondary N) is 2. The highest BCUT2D eigenvalue weighted by molar-refractivity contribution is 7.66.